The summed E-state index contributed by atoms with van der Waals surface area (Å²) in [6.45, 7) is 10.1. The summed E-state index contributed by atoms with van der Waals surface area (Å²) in [5.74, 6) is 2.91. The van der Waals surface area contributed by atoms with Crippen molar-refractivity contribution >= 4 is 47.6 Å². The standard InChI is InChI=1S/C20H32N4OS.HI/c1-4-21-20(23-12-11-22-19(25)16(2)3)24-13-10-17(14-24)15-26-18-8-6-5-7-9-18;/h5-9,16-17H,4,10-15H2,1-3H3,(H,21,23)(H,22,25);1H. The number of nitrogens with zero attached hydrogens (tertiary/aromatic N) is 2. The molecule has 0 bridgehead atoms. The van der Waals surface area contributed by atoms with Crippen LogP contribution in [0.1, 0.15) is 27.2 Å². The highest BCUT2D eigenvalue weighted by Gasteiger charge is 2.24. The van der Waals surface area contributed by atoms with E-state index in [2.05, 4.69) is 57.8 Å². The molecule has 27 heavy (non-hydrogen) atoms. The monoisotopic (exact) mass is 504 g/mol. The predicted molar refractivity (Wildman–Crippen MR) is 126 cm³/mol. The molecule has 1 amide bonds. The molecule has 1 aliphatic heterocycles. The first-order valence-corrected chi connectivity index (χ1v) is 10.6. The molecule has 0 saturated carbocycles. The Kier molecular flexibility index (Phi) is 11.8. The van der Waals surface area contributed by atoms with Gasteiger partial charge in [-0.05, 0) is 31.4 Å². The Labute approximate surface area is 185 Å². The van der Waals surface area contributed by atoms with E-state index in [1.54, 1.807) is 0 Å². The summed E-state index contributed by atoms with van der Waals surface area (Å²) in [6, 6.07) is 10.6. The van der Waals surface area contributed by atoms with E-state index in [9.17, 15) is 4.79 Å². The first-order valence-electron chi connectivity index (χ1n) is 9.59. The molecular weight excluding hydrogens is 471 g/mol. The third-order valence-electron chi connectivity index (χ3n) is 4.35. The van der Waals surface area contributed by atoms with E-state index in [1.807, 2.05) is 25.6 Å². The molecule has 2 rings (SSSR count). The number of likely N-dealkylation sites (tertiary alicyclic amines) is 1. The maximum absolute atomic E-state index is 11.6. The Bertz CT molecular complexity index is 583. The number of guanidine groups is 1. The number of benzene rings is 1. The van der Waals surface area contributed by atoms with Gasteiger partial charge in [-0.3, -0.25) is 9.79 Å². The minimum absolute atomic E-state index is 0. The minimum Gasteiger partial charge on any atom is -0.357 e. The van der Waals surface area contributed by atoms with Crippen LogP contribution in [-0.2, 0) is 4.79 Å². The fourth-order valence-corrected chi connectivity index (χ4v) is 3.91. The van der Waals surface area contributed by atoms with E-state index < -0.39 is 0 Å². The topological polar surface area (TPSA) is 56.7 Å². The van der Waals surface area contributed by atoms with Crippen LogP contribution >= 0.6 is 35.7 Å². The van der Waals surface area contributed by atoms with Crippen molar-refractivity contribution in [3.05, 3.63) is 30.3 Å². The van der Waals surface area contributed by atoms with E-state index in [4.69, 9.17) is 0 Å². The van der Waals surface area contributed by atoms with Crippen molar-refractivity contribution in [3.8, 4) is 0 Å². The second-order valence-electron chi connectivity index (χ2n) is 6.91. The molecule has 152 valence electrons. The zero-order valence-corrected chi connectivity index (χ0v) is 19.8. The van der Waals surface area contributed by atoms with E-state index in [0.717, 1.165) is 31.3 Å². The van der Waals surface area contributed by atoms with Gasteiger partial charge in [-0.2, -0.15) is 0 Å². The van der Waals surface area contributed by atoms with Crippen molar-refractivity contribution in [1.82, 2.24) is 15.5 Å². The minimum atomic E-state index is 0. The summed E-state index contributed by atoms with van der Waals surface area (Å²) in [4.78, 5) is 20.0. The third kappa shape index (κ3) is 8.72. The maximum atomic E-state index is 11.6. The summed E-state index contributed by atoms with van der Waals surface area (Å²) in [5, 5.41) is 6.31. The molecule has 1 fully saturated rings. The largest absolute Gasteiger partial charge is 0.357 e. The number of carbonyl (C=O) groups is 1. The zero-order valence-electron chi connectivity index (χ0n) is 16.6. The van der Waals surface area contributed by atoms with Crippen LogP contribution < -0.4 is 10.6 Å². The van der Waals surface area contributed by atoms with Gasteiger partial charge < -0.3 is 15.5 Å². The molecule has 2 N–H and O–H groups in total. The molecular formula is C20H33IN4OS. The average molecular weight is 504 g/mol. The Hall–Kier alpha value is -0.960. The first-order chi connectivity index (χ1) is 12.6. The number of carbonyl (C=O) groups excluding carboxylic acids is 1. The molecule has 5 nitrogen and oxygen atoms in total. The predicted octanol–water partition coefficient (Wildman–Crippen LogP) is 3.46. The highest BCUT2D eigenvalue weighted by atomic mass is 127. The molecule has 1 aromatic carbocycles. The number of thioether (sulfide) groups is 1. The van der Waals surface area contributed by atoms with E-state index in [-0.39, 0.29) is 35.8 Å². The lowest BCUT2D eigenvalue weighted by Crippen LogP contribution is -2.41. The van der Waals surface area contributed by atoms with Gasteiger partial charge in [0.2, 0.25) is 5.91 Å². The average Bonchev–Trinajstić information content (AvgIpc) is 3.12. The van der Waals surface area contributed by atoms with Gasteiger partial charge in [-0.1, -0.05) is 32.0 Å². The fraction of sp³-hybridized carbons (Fsp3) is 0.600. The molecule has 0 aromatic heterocycles. The Morgan fingerprint density at radius 3 is 2.70 bits per heavy atom. The molecule has 1 aromatic rings. The highest BCUT2D eigenvalue weighted by molar-refractivity contribution is 14.0. The van der Waals surface area contributed by atoms with Crippen LogP contribution in [0.15, 0.2) is 40.2 Å². The summed E-state index contributed by atoms with van der Waals surface area (Å²) in [5.41, 5.74) is 0. The van der Waals surface area contributed by atoms with Crippen LogP contribution in [0.3, 0.4) is 0 Å². The lowest BCUT2D eigenvalue weighted by molar-refractivity contribution is -0.123. The summed E-state index contributed by atoms with van der Waals surface area (Å²) >= 11 is 1.94. The van der Waals surface area contributed by atoms with Gasteiger partial charge in [-0.25, -0.2) is 0 Å². The second kappa shape index (κ2) is 13.3. The van der Waals surface area contributed by atoms with Crippen molar-refractivity contribution in [2.45, 2.75) is 32.1 Å². The van der Waals surface area contributed by atoms with Gasteiger partial charge in [-0.15, -0.1) is 35.7 Å². The van der Waals surface area contributed by atoms with Crippen LogP contribution in [0.2, 0.25) is 0 Å². The number of nitrogens with one attached hydrogen (secondary N) is 2. The lowest BCUT2D eigenvalue weighted by atomic mass is 10.2. The van der Waals surface area contributed by atoms with Crippen molar-refractivity contribution < 1.29 is 4.79 Å². The zero-order chi connectivity index (χ0) is 18.8. The van der Waals surface area contributed by atoms with Crippen molar-refractivity contribution in [2.75, 3.05) is 38.5 Å². The van der Waals surface area contributed by atoms with Crippen LogP contribution in [0.25, 0.3) is 0 Å². The van der Waals surface area contributed by atoms with E-state index in [0.29, 0.717) is 19.0 Å². The molecule has 1 heterocycles. The normalized spacial score (nSPS) is 17.0. The summed E-state index contributed by atoms with van der Waals surface area (Å²) in [6.07, 6.45) is 1.20. The van der Waals surface area contributed by atoms with Crippen LogP contribution in [0.5, 0.6) is 0 Å². The van der Waals surface area contributed by atoms with Crippen LogP contribution in [0, 0.1) is 11.8 Å². The third-order valence-corrected chi connectivity index (χ3v) is 5.59. The van der Waals surface area contributed by atoms with Gasteiger partial charge in [0.1, 0.15) is 0 Å². The van der Waals surface area contributed by atoms with Gasteiger partial charge >= 0.3 is 0 Å². The Balaban J connectivity index is 0.00000364. The first kappa shape index (κ1) is 24.1. The number of rotatable bonds is 8. The molecule has 7 heteroatoms. The van der Waals surface area contributed by atoms with Gasteiger partial charge in [0.05, 0.1) is 6.54 Å². The molecule has 1 atom stereocenters. The second-order valence-corrected chi connectivity index (χ2v) is 8.00. The molecule has 0 aliphatic carbocycles. The number of hydrogen-bond acceptors (Lipinski definition) is 3. The van der Waals surface area contributed by atoms with Crippen molar-refractivity contribution in [2.24, 2.45) is 16.8 Å². The molecule has 0 radical (unpaired) electrons. The van der Waals surface area contributed by atoms with Crippen molar-refractivity contribution in [1.29, 1.82) is 0 Å². The summed E-state index contributed by atoms with van der Waals surface area (Å²) in [7, 11) is 0. The quantitative estimate of drug-likeness (QED) is 0.187. The van der Waals surface area contributed by atoms with Crippen molar-refractivity contribution in [3.63, 3.8) is 0 Å². The van der Waals surface area contributed by atoms with E-state index >= 15 is 0 Å². The molecule has 1 unspecified atom stereocenters. The SMILES string of the molecule is CCNC(=NCCNC(=O)C(C)C)N1CCC(CSc2ccccc2)C1.I. The number of halogens is 1. The van der Waals surface area contributed by atoms with Crippen LogP contribution in [0.4, 0.5) is 0 Å². The fourth-order valence-electron chi connectivity index (χ4n) is 2.86. The van der Waals surface area contributed by atoms with Crippen LogP contribution in [-0.4, -0.2) is 55.2 Å². The number of aliphatic imine (C=N–C) groups is 1. The lowest BCUT2D eigenvalue weighted by Gasteiger charge is -2.21. The summed E-state index contributed by atoms with van der Waals surface area (Å²) < 4.78 is 0. The maximum Gasteiger partial charge on any atom is 0.222 e. The molecule has 1 saturated heterocycles. The van der Waals surface area contributed by atoms with E-state index in [1.165, 1.54) is 11.3 Å². The van der Waals surface area contributed by atoms with Gasteiger partial charge in [0.25, 0.3) is 0 Å². The Morgan fingerprint density at radius 2 is 2.04 bits per heavy atom. The number of amides is 1. The highest BCUT2D eigenvalue weighted by Crippen LogP contribution is 2.25. The molecule has 0 spiro atoms. The number of hydrogen-bond donors (Lipinski definition) is 2. The smallest absolute Gasteiger partial charge is 0.222 e. The van der Waals surface area contributed by atoms with Gasteiger partial charge in [0.15, 0.2) is 5.96 Å². The van der Waals surface area contributed by atoms with Gasteiger partial charge in [0, 0.05) is 42.7 Å². The molecule has 1 aliphatic rings. The Morgan fingerprint density at radius 1 is 1.30 bits per heavy atom.